The van der Waals surface area contributed by atoms with Crippen molar-refractivity contribution >= 4 is 38.4 Å². The maximum atomic E-state index is 5.54. The van der Waals surface area contributed by atoms with E-state index in [1.807, 2.05) is 30.8 Å². The summed E-state index contributed by atoms with van der Waals surface area (Å²) in [5.41, 5.74) is 1.04. The minimum Gasteiger partial charge on any atom is -0.494 e. The van der Waals surface area contributed by atoms with E-state index in [2.05, 4.69) is 36.5 Å². The van der Waals surface area contributed by atoms with Crippen molar-refractivity contribution in [3.8, 4) is 5.75 Å². The number of nitrogens with zero attached hydrogens (tertiary/aromatic N) is 1. The molecule has 0 aliphatic heterocycles. The largest absolute Gasteiger partial charge is 0.494 e. The molecule has 5 heteroatoms. The number of hydrogen-bond donors (Lipinski definition) is 1. The first-order chi connectivity index (χ1) is 10.2. The third-order valence-corrected chi connectivity index (χ3v) is 6.52. The van der Waals surface area contributed by atoms with E-state index < -0.39 is 0 Å². The number of benzene rings is 1. The number of fused-ring (bicyclic) bond motifs is 1. The first-order valence-electron chi connectivity index (χ1n) is 7.48. The molecule has 0 bridgehead atoms. The topological polar surface area (TPSA) is 34.1 Å². The van der Waals surface area contributed by atoms with Crippen LogP contribution in [0.4, 0.5) is 5.13 Å². The minimum atomic E-state index is 0.300. The molecule has 1 aromatic heterocycles. The van der Waals surface area contributed by atoms with Gasteiger partial charge in [0, 0.05) is 11.3 Å². The lowest BCUT2D eigenvalue weighted by Crippen LogP contribution is -2.31. The van der Waals surface area contributed by atoms with Crippen LogP contribution in [0, 0.1) is 0 Å². The van der Waals surface area contributed by atoms with Gasteiger partial charge in [-0.1, -0.05) is 25.2 Å². The fraction of sp³-hybridized carbons (Fsp3) is 0.562. The minimum absolute atomic E-state index is 0.300. The van der Waals surface area contributed by atoms with Gasteiger partial charge in [-0.2, -0.15) is 11.8 Å². The Morgan fingerprint density at radius 3 is 2.67 bits per heavy atom. The standard InChI is InChI=1S/C16H24N2OS2/c1-5-16(6-2,20-4)11-17-15-18-13-9-8-12(19-7-3)10-14(13)21-15/h8-10H,5-7,11H2,1-4H3,(H,17,18). The van der Waals surface area contributed by atoms with Crippen molar-refractivity contribution in [2.24, 2.45) is 0 Å². The van der Waals surface area contributed by atoms with Gasteiger partial charge in [0.15, 0.2) is 5.13 Å². The Kier molecular flexibility index (Phi) is 5.76. The van der Waals surface area contributed by atoms with Crippen LogP contribution in [0.15, 0.2) is 18.2 Å². The molecule has 1 N–H and O–H groups in total. The zero-order valence-corrected chi connectivity index (χ0v) is 14.9. The number of thiazole rings is 1. The second-order valence-electron chi connectivity index (χ2n) is 5.03. The van der Waals surface area contributed by atoms with Crippen LogP contribution in [0.3, 0.4) is 0 Å². The van der Waals surface area contributed by atoms with E-state index in [0.717, 1.165) is 35.8 Å². The van der Waals surface area contributed by atoms with Crippen molar-refractivity contribution in [2.45, 2.75) is 38.4 Å². The molecule has 0 saturated heterocycles. The SMILES string of the molecule is CCOc1ccc2nc(NCC(CC)(CC)SC)sc2c1. The van der Waals surface area contributed by atoms with Crippen molar-refractivity contribution in [2.75, 3.05) is 24.7 Å². The van der Waals surface area contributed by atoms with Gasteiger partial charge in [-0.3, -0.25) is 0 Å². The predicted molar refractivity (Wildman–Crippen MR) is 96.1 cm³/mol. The van der Waals surface area contributed by atoms with Crippen molar-refractivity contribution in [3.63, 3.8) is 0 Å². The number of rotatable bonds is 8. The van der Waals surface area contributed by atoms with Gasteiger partial charge in [-0.05, 0) is 44.2 Å². The van der Waals surface area contributed by atoms with Gasteiger partial charge in [0.25, 0.3) is 0 Å². The summed E-state index contributed by atoms with van der Waals surface area (Å²) in [5, 5.41) is 4.52. The average Bonchev–Trinajstić information content (AvgIpc) is 2.92. The summed E-state index contributed by atoms with van der Waals surface area (Å²) in [5.74, 6) is 0.917. The van der Waals surface area contributed by atoms with Crippen molar-refractivity contribution in [3.05, 3.63) is 18.2 Å². The normalized spacial score (nSPS) is 11.8. The number of ether oxygens (including phenoxy) is 1. The van der Waals surface area contributed by atoms with E-state index in [1.165, 1.54) is 4.70 Å². The van der Waals surface area contributed by atoms with E-state index in [1.54, 1.807) is 11.3 Å². The maximum Gasteiger partial charge on any atom is 0.183 e. The summed E-state index contributed by atoms with van der Waals surface area (Å²) in [4.78, 5) is 4.66. The molecular weight excluding hydrogens is 300 g/mol. The first kappa shape index (κ1) is 16.4. The Morgan fingerprint density at radius 1 is 1.29 bits per heavy atom. The predicted octanol–water partition coefficient (Wildman–Crippen LogP) is 5.03. The molecular formula is C16H24N2OS2. The van der Waals surface area contributed by atoms with E-state index in [0.29, 0.717) is 11.4 Å². The molecule has 0 aliphatic carbocycles. The molecule has 21 heavy (non-hydrogen) atoms. The van der Waals surface area contributed by atoms with Crippen LogP contribution >= 0.6 is 23.1 Å². The molecule has 0 amide bonds. The number of thioether (sulfide) groups is 1. The Labute approximate surface area is 135 Å². The summed E-state index contributed by atoms with van der Waals surface area (Å²) < 4.78 is 7.02. The Bertz CT molecular complexity index is 570. The van der Waals surface area contributed by atoms with Crippen LogP contribution < -0.4 is 10.1 Å². The monoisotopic (exact) mass is 324 g/mol. The Hall–Kier alpha value is -0.940. The Balaban J connectivity index is 2.12. The van der Waals surface area contributed by atoms with Gasteiger partial charge >= 0.3 is 0 Å². The number of aromatic nitrogens is 1. The van der Waals surface area contributed by atoms with Crippen LogP contribution in [0.25, 0.3) is 10.2 Å². The molecule has 0 unspecified atom stereocenters. The molecule has 116 valence electrons. The highest BCUT2D eigenvalue weighted by Gasteiger charge is 2.24. The van der Waals surface area contributed by atoms with Gasteiger partial charge < -0.3 is 10.1 Å². The molecule has 2 rings (SSSR count). The molecule has 0 atom stereocenters. The molecule has 0 spiro atoms. The molecule has 0 aliphatic rings. The van der Waals surface area contributed by atoms with E-state index in [-0.39, 0.29) is 0 Å². The molecule has 0 saturated carbocycles. The van der Waals surface area contributed by atoms with E-state index in [9.17, 15) is 0 Å². The molecule has 1 heterocycles. The number of anilines is 1. The molecule has 3 nitrogen and oxygen atoms in total. The van der Waals surface area contributed by atoms with Crippen LogP contribution in [-0.2, 0) is 0 Å². The maximum absolute atomic E-state index is 5.54. The van der Waals surface area contributed by atoms with Gasteiger partial charge in [0.1, 0.15) is 5.75 Å². The molecule has 2 aromatic rings. The number of nitrogens with one attached hydrogen (secondary N) is 1. The van der Waals surface area contributed by atoms with Gasteiger partial charge in [-0.25, -0.2) is 4.98 Å². The van der Waals surface area contributed by atoms with Gasteiger partial charge in [0.05, 0.1) is 16.8 Å². The van der Waals surface area contributed by atoms with Gasteiger partial charge in [-0.15, -0.1) is 0 Å². The highest BCUT2D eigenvalue weighted by Crippen LogP contribution is 2.33. The third-order valence-electron chi connectivity index (χ3n) is 3.95. The number of hydrogen-bond acceptors (Lipinski definition) is 5. The van der Waals surface area contributed by atoms with Crippen LogP contribution in [0.1, 0.15) is 33.6 Å². The fourth-order valence-electron chi connectivity index (χ4n) is 2.33. The lowest BCUT2D eigenvalue weighted by molar-refractivity contribution is 0.341. The third kappa shape index (κ3) is 3.83. The van der Waals surface area contributed by atoms with Gasteiger partial charge in [0.2, 0.25) is 0 Å². The fourth-order valence-corrected chi connectivity index (χ4v) is 4.02. The average molecular weight is 325 g/mol. The van der Waals surface area contributed by atoms with Crippen molar-refractivity contribution < 1.29 is 4.74 Å². The quantitative estimate of drug-likeness (QED) is 0.738. The molecule has 1 aromatic carbocycles. The summed E-state index contributed by atoms with van der Waals surface area (Å²) >= 11 is 3.64. The Morgan fingerprint density at radius 2 is 2.05 bits per heavy atom. The van der Waals surface area contributed by atoms with E-state index >= 15 is 0 Å². The lowest BCUT2D eigenvalue weighted by Gasteiger charge is -2.29. The summed E-state index contributed by atoms with van der Waals surface area (Å²) in [6.45, 7) is 8.17. The van der Waals surface area contributed by atoms with E-state index in [4.69, 9.17) is 4.74 Å². The summed E-state index contributed by atoms with van der Waals surface area (Å²) in [6.07, 6.45) is 4.52. The summed E-state index contributed by atoms with van der Waals surface area (Å²) in [7, 11) is 0. The van der Waals surface area contributed by atoms with Crippen molar-refractivity contribution in [1.82, 2.24) is 4.98 Å². The molecule has 0 radical (unpaired) electrons. The van der Waals surface area contributed by atoms with Crippen LogP contribution in [-0.4, -0.2) is 29.1 Å². The second-order valence-corrected chi connectivity index (χ2v) is 7.33. The highest BCUT2D eigenvalue weighted by molar-refractivity contribution is 8.00. The second kappa shape index (κ2) is 7.36. The highest BCUT2D eigenvalue weighted by atomic mass is 32.2. The zero-order valence-electron chi connectivity index (χ0n) is 13.2. The summed E-state index contributed by atoms with van der Waals surface area (Å²) in [6, 6.07) is 6.09. The smallest absolute Gasteiger partial charge is 0.183 e. The van der Waals surface area contributed by atoms with Crippen LogP contribution in [0.5, 0.6) is 5.75 Å². The zero-order chi connectivity index (χ0) is 15.3. The van der Waals surface area contributed by atoms with Crippen molar-refractivity contribution in [1.29, 1.82) is 0 Å². The first-order valence-corrected chi connectivity index (χ1v) is 9.53. The lowest BCUT2D eigenvalue weighted by atomic mass is 10.0. The molecule has 0 fully saturated rings. The van der Waals surface area contributed by atoms with Crippen LogP contribution in [0.2, 0.25) is 0 Å².